The molecule has 1 fully saturated rings. The van der Waals surface area contributed by atoms with E-state index in [1.54, 1.807) is 0 Å². The maximum absolute atomic E-state index is 4.87. The average molecular weight is 295 g/mol. The first-order valence-corrected chi connectivity index (χ1v) is 7.91. The third kappa shape index (κ3) is 2.13. The van der Waals surface area contributed by atoms with E-state index in [0.717, 1.165) is 35.7 Å². The summed E-state index contributed by atoms with van der Waals surface area (Å²) in [6.45, 7) is 1.14. The third-order valence-corrected chi connectivity index (χ3v) is 4.70. The van der Waals surface area contributed by atoms with E-state index < -0.39 is 0 Å². The number of piperidine rings is 1. The Morgan fingerprint density at radius 2 is 2.05 bits per heavy atom. The summed E-state index contributed by atoms with van der Waals surface area (Å²) in [4.78, 5) is 10.6. The quantitative estimate of drug-likeness (QED) is 0.790. The maximum Gasteiger partial charge on any atom is 0.183 e. The summed E-state index contributed by atoms with van der Waals surface area (Å²) >= 11 is 0. The highest BCUT2D eigenvalue weighted by Crippen LogP contribution is 2.31. The fraction of sp³-hybridized carbons (Fsp3) is 0.412. The van der Waals surface area contributed by atoms with Crippen LogP contribution in [0.2, 0.25) is 0 Å². The first kappa shape index (κ1) is 13.5. The molecule has 0 radical (unpaired) electrons. The van der Waals surface area contributed by atoms with Crippen molar-refractivity contribution in [2.75, 3.05) is 13.6 Å². The van der Waals surface area contributed by atoms with Crippen molar-refractivity contribution in [2.24, 2.45) is 7.05 Å². The minimum absolute atomic E-state index is 0.380. The van der Waals surface area contributed by atoms with Crippen molar-refractivity contribution in [3.63, 3.8) is 0 Å². The van der Waals surface area contributed by atoms with Crippen molar-refractivity contribution in [2.45, 2.75) is 25.3 Å². The van der Waals surface area contributed by atoms with E-state index in [0.29, 0.717) is 6.04 Å². The topological polar surface area (TPSA) is 49.7 Å². The average Bonchev–Trinajstić information content (AvgIpc) is 3.11. The van der Waals surface area contributed by atoms with E-state index in [2.05, 4.69) is 40.2 Å². The molecule has 2 aromatic heterocycles. The second kappa shape index (κ2) is 5.25. The molecular weight excluding hydrogens is 274 g/mol. The highest BCUT2D eigenvalue weighted by Gasteiger charge is 2.26. The molecule has 0 unspecified atom stereocenters. The van der Waals surface area contributed by atoms with Crippen molar-refractivity contribution in [1.29, 1.82) is 0 Å². The van der Waals surface area contributed by atoms with Crippen LogP contribution in [0.25, 0.3) is 22.3 Å². The predicted molar refractivity (Wildman–Crippen MR) is 87.5 cm³/mol. The SMILES string of the molecule is CN1CCCC[C@H]1c1nc(-c2c[nH]c3ccccc23)nn1C. The molecule has 5 nitrogen and oxygen atoms in total. The summed E-state index contributed by atoms with van der Waals surface area (Å²) in [6, 6.07) is 8.67. The molecule has 1 aromatic carbocycles. The van der Waals surface area contributed by atoms with Gasteiger partial charge < -0.3 is 4.98 Å². The number of likely N-dealkylation sites (tertiary alicyclic amines) is 1. The Morgan fingerprint density at radius 3 is 2.91 bits per heavy atom. The monoisotopic (exact) mass is 295 g/mol. The molecule has 1 aliphatic rings. The Kier molecular flexibility index (Phi) is 3.22. The van der Waals surface area contributed by atoms with Crippen LogP contribution >= 0.6 is 0 Å². The lowest BCUT2D eigenvalue weighted by atomic mass is 10.0. The molecule has 1 N–H and O–H groups in total. The van der Waals surface area contributed by atoms with Gasteiger partial charge >= 0.3 is 0 Å². The molecule has 0 amide bonds. The molecule has 0 spiro atoms. The summed E-state index contributed by atoms with van der Waals surface area (Å²) in [6.07, 6.45) is 5.72. The van der Waals surface area contributed by atoms with Gasteiger partial charge in [-0.05, 0) is 32.5 Å². The number of benzene rings is 1. The van der Waals surface area contributed by atoms with Crippen molar-refractivity contribution in [1.82, 2.24) is 24.6 Å². The van der Waals surface area contributed by atoms with Crippen molar-refractivity contribution < 1.29 is 0 Å². The molecule has 114 valence electrons. The van der Waals surface area contributed by atoms with Crippen molar-refractivity contribution >= 4 is 10.9 Å². The zero-order valence-electron chi connectivity index (χ0n) is 13.1. The first-order chi connectivity index (χ1) is 10.7. The van der Waals surface area contributed by atoms with E-state index >= 15 is 0 Å². The van der Waals surface area contributed by atoms with Gasteiger partial charge in [-0.25, -0.2) is 4.98 Å². The fourth-order valence-corrected chi connectivity index (χ4v) is 3.46. The summed E-state index contributed by atoms with van der Waals surface area (Å²) in [5, 5.41) is 5.85. The number of fused-ring (bicyclic) bond motifs is 1. The predicted octanol–water partition coefficient (Wildman–Crippen LogP) is 3.12. The summed E-state index contributed by atoms with van der Waals surface area (Å²) < 4.78 is 1.95. The highest BCUT2D eigenvalue weighted by molar-refractivity contribution is 5.93. The molecule has 22 heavy (non-hydrogen) atoms. The first-order valence-electron chi connectivity index (χ1n) is 7.91. The Morgan fingerprint density at radius 1 is 1.18 bits per heavy atom. The van der Waals surface area contributed by atoms with Crippen molar-refractivity contribution in [3.8, 4) is 11.4 Å². The largest absolute Gasteiger partial charge is 0.360 e. The molecule has 5 heteroatoms. The van der Waals surface area contributed by atoms with E-state index in [1.807, 2.05) is 24.0 Å². The molecular formula is C17H21N5. The molecule has 0 saturated carbocycles. The number of hydrogen-bond acceptors (Lipinski definition) is 3. The van der Waals surface area contributed by atoms with Gasteiger partial charge in [-0.1, -0.05) is 24.6 Å². The number of H-pyrrole nitrogens is 1. The molecule has 1 atom stereocenters. The van der Waals surface area contributed by atoms with Gasteiger partial charge in [0.25, 0.3) is 0 Å². The van der Waals surface area contributed by atoms with Gasteiger partial charge in [0.2, 0.25) is 0 Å². The summed E-state index contributed by atoms with van der Waals surface area (Å²) in [5.41, 5.74) is 2.21. The van der Waals surface area contributed by atoms with Crippen LogP contribution in [-0.2, 0) is 7.05 Å². The second-order valence-corrected chi connectivity index (χ2v) is 6.16. The Balaban J connectivity index is 1.76. The molecule has 0 aliphatic carbocycles. The van der Waals surface area contributed by atoms with Gasteiger partial charge in [0.15, 0.2) is 5.82 Å². The van der Waals surface area contributed by atoms with E-state index in [9.17, 15) is 0 Å². The van der Waals surface area contributed by atoms with Gasteiger partial charge in [0.05, 0.1) is 6.04 Å². The third-order valence-electron chi connectivity index (χ3n) is 4.70. The minimum Gasteiger partial charge on any atom is -0.360 e. The Labute approximate surface area is 130 Å². The van der Waals surface area contributed by atoms with Crippen LogP contribution in [0.3, 0.4) is 0 Å². The number of para-hydroxylation sites is 1. The number of rotatable bonds is 2. The van der Waals surface area contributed by atoms with Crippen LogP contribution in [0, 0.1) is 0 Å². The minimum atomic E-state index is 0.380. The summed E-state index contributed by atoms with van der Waals surface area (Å²) in [5.74, 6) is 1.89. The van der Waals surface area contributed by atoms with E-state index in [4.69, 9.17) is 4.98 Å². The number of aromatic nitrogens is 4. The zero-order valence-corrected chi connectivity index (χ0v) is 13.1. The number of hydrogen-bond donors (Lipinski definition) is 1. The van der Waals surface area contributed by atoms with Gasteiger partial charge in [-0.3, -0.25) is 9.58 Å². The second-order valence-electron chi connectivity index (χ2n) is 6.16. The standard InChI is InChI=1S/C17H21N5/c1-21-10-6-5-9-15(21)17-19-16(20-22(17)2)13-11-18-14-8-4-3-7-12(13)14/h3-4,7-8,11,15,18H,5-6,9-10H2,1-2H3/t15-/m0/s1. The normalized spacial score (nSPS) is 19.8. The molecule has 3 heterocycles. The number of nitrogens with zero attached hydrogens (tertiary/aromatic N) is 4. The van der Waals surface area contributed by atoms with Gasteiger partial charge in [0.1, 0.15) is 5.82 Å². The molecule has 1 saturated heterocycles. The lowest BCUT2D eigenvalue weighted by Gasteiger charge is -2.31. The Bertz CT molecular complexity index is 800. The smallest absolute Gasteiger partial charge is 0.183 e. The number of aromatic amines is 1. The maximum atomic E-state index is 4.87. The fourth-order valence-electron chi connectivity index (χ4n) is 3.46. The molecule has 3 aromatic rings. The van der Waals surface area contributed by atoms with Gasteiger partial charge in [0, 0.05) is 29.7 Å². The zero-order chi connectivity index (χ0) is 15.1. The highest BCUT2D eigenvalue weighted by atomic mass is 15.4. The molecule has 4 rings (SSSR count). The van der Waals surface area contributed by atoms with Crippen LogP contribution in [0.15, 0.2) is 30.5 Å². The molecule has 1 aliphatic heterocycles. The van der Waals surface area contributed by atoms with Gasteiger partial charge in [-0.15, -0.1) is 0 Å². The number of aryl methyl sites for hydroxylation is 1. The number of nitrogens with one attached hydrogen (secondary N) is 1. The molecule has 0 bridgehead atoms. The Hall–Kier alpha value is -2.14. The van der Waals surface area contributed by atoms with Crippen molar-refractivity contribution in [3.05, 3.63) is 36.3 Å². The van der Waals surface area contributed by atoms with Crippen LogP contribution in [0.1, 0.15) is 31.1 Å². The van der Waals surface area contributed by atoms with Crippen LogP contribution < -0.4 is 0 Å². The van der Waals surface area contributed by atoms with Gasteiger partial charge in [-0.2, -0.15) is 5.10 Å². The lowest BCUT2D eigenvalue weighted by molar-refractivity contribution is 0.175. The van der Waals surface area contributed by atoms with Crippen LogP contribution in [0.5, 0.6) is 0 Å². The van der Waals surface area contributed by atoms with Crippen LogP contribution in [-0.4, -0.2) is 38.2 Å². The van der Waals surface area contributed by atoms with E-state index in [1.165, 1.54) is 18.2 Å². The van der Waals surface area contributed by atoms with E-state index in [-0.39, 0.29) is 0 Å². The summed E-state index contributed by atoms with van der Waals surface area (Å²) in [7, 11) is 4.19. The lowest BCUT2D eigenvalue weighted by Crippen LogP contribution is -2.31. The van der Waals surface area contributed by atoms with Crippen LogP contribution in [0.4, 0.5) is 0 Å².